The van der Waals surface area contributed by atoms with Crippen molar-refractivity contribution in [2.45, 2.75) is 19.1 Å². The smallest absolute Gasteiger partial charge is 0.416 e. The van der Waals surface area contributed by atoms with Crippen LogP contribution in [0.5, 0.6) is 11.5 Å². The Bertz CT molecular complexity index is 1610. The molecule has 0 bridgehead atoms. The molecule has 0 spiro atoms. The number of aryl methyl sites for hydroxylation is 1. The minimum absolute atomic E-state index is 0.0733. The third kappa shape index (κ3) is 5.45. The highest BCUT2D eigenvalue weighted by Gasteiger charge is 2.31. The lowest BCUT2D eigenvalue weighted by atomic mass is 10.2. The number of pyridine rings is 1. The molecule has 2 aromatic carbocycles. The van der Waals surface area contributed by atoms with E-state index in [-0.39, 0.29) is 30.4 Å². The molecule has 0 unspecified atom stereocenters. The molecule has 0 aliphatic carbocycles. The fourth-order valence-corrected chi connectivity index (χ4v) is 3.78. The fourth-order valence-electron chi connectivity index (χ4n) is 3.78. The number of imidazole rings is 1. The molecule has 3 aromatic heterocycles. The molecule has 0 saturated heterocycles. The first-order valence-electron chi connectivity index (χ1n) is 11.2. The van der Waals surface area contributed by atoms with Gasteiger partial charge in [0.2, 0.25) is 5.95 Å². The number of hydrogen-bond donors (Lipinski definition) is 1. The van der Waals surface area contributed by atoms with E-state index in [0.29, 0.717) is 40.4 Å². The Hall–Kier alpha value is -4.81. The second-order valence-corrected chi connectivity index (χ2v) is 8.36. The number of benzene rings is 2. The van der Waals surface area contributed by atoms with Gasteiger partial charge in [-0.1, -0.05) is 0 Å². The molecule has 0 saturated carbocycles. The second kappa shape index (κ2) is 9.92. The van der Waals surface area contributed by atoms with Crippen molar-refractivity contribution in [3.63, 3.8) is 0 Å². The van der Waals surface area contributed by atoms with Gasteiger partial charge in [-0.2, -0.15) is 18.3 Å². The summed E-state index contributed by atoms with van der Waals surface area (Å²) >= 11 is 0. The number of fused-ring (bicyclic) bond motifs is 1. The third-order valence-electron chi connectivity index (χ3n) is 5.60. The van der Waals surface area contributed by atoms with Crippen LogP contribution < -0.4 is 10.1 Å². The molecule has 194 valence electrons. The van der Waals surface area contributed by atoms with Gasteiger partial charge in [-0.15, -0.1) is 0 Å². The Labute approximate surface area is 212 Å². The highest BCUT2D eigenvalue weighted by molar-refractivity contribution is 5.81. The Morgan fingerprint density at radius 2 is 1.89 bits per heavy atom. The van der Waals surface area contributed by atoms with E-state index in [1.807, 2.05) is 0 Å². The minimum Gasteiger partial charge on any atom is -0.457 e. The van der Waals surface area contributed by atoms with E-state index in [4.69, 9.17) is 4.74 Å². The number of anilines is 2. The van der Waals surface area contributed by atoms with Crippen molar-refractivity contribution in [3.8, 4) is 11.5 Å². The number of alkyl halides is 3. The third-order valence-corrected chi connectivity index (χ3v) is 5.60. The maximum atomic E-state index is 14.2. The van der Waals surface area contributed by atoms with Crippen LogP contribution in [0, 0.1) is 5.82 Å². The monoisotopic (exact) mass is 525 g/mol. The number of hydrogen-bond acceptors (Lipinski definition) is 7. The second-order valence-electron chi connectivity index (χ2n) is 8.36. The first-order chi connectivity index (χ1) is 18.2. The van der Waals surface area contributed by atoms with Gasteiger partial charge in [0.25, 0.3) is 0 Å². The molecule has 9 nitrogen and oxygen atoms in total. The molecule has 0 radical (unpaired) electrons. The van der Waals surface area contributed by atoms with Crippen LogP contribution in [-0.4, -0.2) is 35.1 Å². The van der Waals surface area contributed by atoms with Crippen LogP contribution in [0.15, 0.2) is 67.4 Å². The average molecular weight is 525 g/mol. The first kappa shape index (κ1) is 24.9. The fraction of sp³-hybridized carbons (Fsp3) is 0.160. The highest BCUT2D eigenvalue weighted by atomic mass is 19.4. The summed E-state index contributed by atoms with van der Waals surface area (Å²) in [4.78, 5) is 24.7. The standard InChI is InChI=1S/C25H19F4N7O2/c1-35-23-5-3-18(38-19-6-7-31-16(10-19)9-17(37)12-36-14-30-13-32-36)11-22(23)34-24(35)33-21-8-15(25(27,28)29)2-4-20(21)26/h2-8,10-11,13-14H,9,12H2,1H3,(H,33,34). The van der Waals surface area contributed by atoms with E-state index in [2.05, 4.69) is 25.4 Å². The molecule has 0 atom stereocenters. The lowest BCUT2D eigenvalue weighted by Crippen LogP contribution is -2.13. The maximum Gasteiger partial charge on any atom is 0.416 e. The number of aromatic nitrogens is 6. The number of nitrogens with one attached hydrogen (secondary N) is 1. The molecular formula is C25H19F4N7O2. The molecule has 3 heterocycles. The molecule has 13 heteroatoms. The van der Waals surface area contributed by atoms with Gasteiger partial charge in [-0.25, -0.2) is 19.0 Å². The van der Waals surface area contributed by atoms with Crippen LogP contribution in [0.2, 0.25) is 0 Å². The van der Waals surface area contributed by atoms with Gasteiger partial charge in [-0.05, 0) is 36.4 Å². The summed E-state index contributed by atoms with van der Waals surface area (Å²) in [6.07, 6.45) is -0.202. The summed E-state index contributed by atoms with van der Waals surface area (Å²) in [7, 11) is 1.65. The van der Waals surface area contributed by atoms with Gasteiger partial charge >= 0.3 is 6.18 Å². The van der Waals surface area contributed by atoms with Crippen molar-refractivity contribution in [1.82, 2.24) is 29.3 Å². The average Bonchev–Trinajstić information content (AvgIpc) is 3.47. The number of Topliss-reactive ketones (excluding diaryl/α,β-unsaturated/α-hetero) is 1. The van der Waals surface area contributed by atoms with Crippen LogP contribution >= 0.6 is 0 Å². The van der Waals surface area contributed by atoms with Crippen LogP contribution in [-0.2, 0) is 31.0 Å². The Morgan fingerprint density at radius 1 is 1.08 bits per heavy atom. The summed E-state index contributed by atoms with van der Waals surface area (Å²) in [6.45, 7) is 0.0733. The van der Waals surface area contributed by atoms with Gasteiger partial charge < -0.3 is 14.6 Å². The molecule has 0 fully saturated rings. The predicted molar refractivity (Wildman–Crippen MR) is 128 cm³/mol. The molecule has 0 aliphatic rings. The number of carbonyl (C=O) groups excluding carboxylic acids is 1. The molecule has 5 aromatic rings. The Balaban J connectivity index is 1.33. The van der Waals surface area contributed by atoms with E-state index < -0.39 is 17.6 Å². The molecular weight excluding hydrogens is 506 g/mol. The summed E-state index contributed by atoms with van der Waals surface area (Å²) in [5.74, 6) is 0.0730. The normalized spacial score (nSPS) is 11.6. The van der Waals surface area contributed by atoms with E-state index in [9.17, 15) is 22.4 Å². The number of rotatable bonds is 8. The quantitative estimate of drug-likeness (QED) is 0.283. The topological polar surface area (TPSA) is 99.8 Å². The van der Waals surface area contributed by atoms with Crippen LogP contribution in [0.4, 0.5) is 29.2 Å². The predicted octanol–water partition coefficient (Wildman–Crippen LogP) is 5.07. The molecule has 38 heavy (non-hydrogen) atoms. The lowest BCUT2D eigenvalue weighted by Gasteiger charge is -2.11. The van der Waals surface area contributed by atoms with Crippen molar-refractivity contribution in [1.29, 1.82) is 0 Å². The number of nitrogens with zero attached hydrogens (tertiary/aromatic N) is 6. The molecule has 0 amide bonds. The highest BCUT2D eigenvalue weighted by Crippen LogP contribution is 2.33. The van der Waals surface area contributed by atoms with E-state index in [1.54, 1.807) is 41.9 Å². The SMILES string of the molecule is Cn1c(Nc2cc(C(F)(F)F)ccc2F)nc2cc(Oc3ccnc(CC(=O)Cn4cncn4)c3)ccc21. The number of halogens is 4. The number of carbonyl (C=O) groups is 1. The zero-order valence-corrected chi connectivity index (χ0v) is 19.8. The van der Waals surface area contributed by atoms with E-state index in [0.717, 1.165) is 6.07 Å². The van der Waals surface area contributed by atoms with Crippen LogP contribution in [0.1, 0.15) is 11.3 Å². The van der Waals surface area contributed by atoms with Crippen molar-refractivity contribution in [3.05, 3.63) is 84.5 Å². The molecule has 5 rings (SSSR count). The van der Waals surface area contributed by atoms with Gasteiger partial charge in [-0.3, -0.25) is 9.78 Å². The maximum absolute atomic E-state index is 14.2. The molecule has 1 N–H and O–H groups in total. The van der Waals surface area contributed by atoms with Crippen LogP contribution in [0.25, 0.3) is 11.0 Å². The Morgan fingerprint density at radius 3 is 2.66 bits per heavy atom. The van der Waals surface area contributed by atoms with E-state index >= 15 is 0 Å². The zero-order valence-electron chi connectivity index (χ0n) is 19.8. The first-order valence-corrected chi connectivity index (χ1v) is 11.2. The zero-order chi connectivity index (χ0) is 26.9. The summed E-state index contributed by atoms with van der Waals surface area (Å²) in [6, 6.07) is 10.5. The summed E-state index contributed by atoms with van der Waals surface area (Å²) in [5, 5.41) is 6.55. The minimum atomic E-state index is -4.61. The van der Waals surface area contributed by atoms with Crippen molar-refractivity contribution in [2.24, 2.45) is 7.05 Å². The molecule has 0 aliphatic heterocycles. The van der Waals surface area contributed by atoms with Gasteiger partial charge in [0.05, 0.1) is 34.4 Å². The number of ketones is 1. The van der Waals surface area contributed by atoms with Crippen molar-refractivity contribution >= 4 is 28.5 Å². The number of ether oxygens (including phenoxy) is 1. The van der Waals surface area contributed by atoms with Gasteiger partial charge in [0.15, 0.2) is 5.78 Å². The lowest BCUT2D eigenvalue weighted by molar-refractivity contribution is -0.137. The summed E-state index contributed by atoms with van der Waals surface area (Å²) in [5.41, 5.74) is 0.296. The van der Waals surface area contributed by atoms with Gasteiger partial charge in [0.1, 0.15) is 36.5 Å². The van der Waals surface area contributed by atoms with Crippen molar-refractivity contribution < 1.29 is 27.1 Å². The largest absolute Gasteiger partial charge is 0.457 e. The van der Waals surface area contributed by atoms with Crippen molar-refractivity contribution in [2.75, 3.05) is 5.32 Å². The van der Waals surface area contributed by atoms with Crippen LogP contribution in [0.3, 0.4) is 0 Å². The van der Waals surface area contributed by atoms with E-state index in [1.165, 1.54) is 23.5 Å². The Kier molecular flexibility index (Phi) is 6.49. The summed E-state index contributed by atoms with van der Waals surface area (Å²) < 4.78 is 62.3. The van der Waals surface area contributed by atoms with Gasteiger partial charge in [0, 0.05) is 25.4 Å².